The van der Waals surface area contributed by atoms with Crippen molar-refractivity contribution in [2.75, 3.05) is 12.4 Å². The van der Waals surface area contributed by atoms with Crippen LogP contribution in [0.15, 0.2) is 0 Å². The Bertz CT molecular complexity index is 720. The SMILES string of the molecule is CCCCC(=O)NC(=S)Nc1sc2c(c1C(=O)OC)CCC(C(C)(C)C)C2. The van der Waals surface area contributed by atoms with E-state index < -0.39 is 0 Å². The number of hydrogen-bond acceptors (Lipinski definition) is 5. The molecule has 0 saturated heterocycles. The molecule has 0 bridgehead atoms. The third-order valence-corrected chi connectivity index (χ3v) is 6.49. The molecule has 0 aliphatic heterocycles. The summed E-state index contributed by atoms with van der Waals surface area (Å²) in [6.07, 6.45) is 5.07. The maximum absolute atomic E-state index is 12.4. The lowest BCUT2D eigenvalue weighted by molar-refractivity contribution is -0.119. The molecule has 0 spiro atoms. The lowest BCUT2D eigenvalue weighted by atomic mass is 9.72. The van der Waals surface area contributed by atoms with Gasteiger partial charge in [0.25, 0.3) is 0 Å². The topological polar surface area (TPSA) is 67.4 Å². The van der Waals surface area contributed by atoms with Crippen molar-refractivity contribution in [1.29, 1.82) is 0 Å². The van der Waals surface area contributed by atoms with Crippen molar-refractivity contribution in [3.8, 4) is 0 Å². The first-order chi connectivity index (χ1) is 12.7. The lowest BCUT2D eigenvalue weighted by Crippen LogP contribution is -2.34. The summed E-state index contributed by atoms with van der Waals surface area (Å²) in [7, 11) is 1.39. The first-order valence-corrected chi connectivity index (χ1v) is 10.7. The van der Waals surface area contributed by atoms with Gasteiger partial charge in [-0.25, -0.2) is 4.79 Å². The summed E-state index contributed by atoms with van der Waals surface area (Å²) in [4.78, 5) is 25.5. The number of unbranched alkanes of at least 4 members (excludes halogenated alkanes) is 1. The molecule has 0 aromatic carbocycles. The van der Waals surface area contributed by atoms with Gasteiger partial charge in [-0.1, -0.05) is 34.1 Å². The molecule has 0 fully saturated rings. The fourth-order valence-corrected chi connectivity index (χ4v) is 4.99. The predicted molar refractivity (Wildman–Crippen MR) is 115 cm³/mol. The Morgan fingerprint density at radius 3 is 2.63 bits per heavy atom. The van der Waals surface area contributed by atoms with Crippen LogP contribution in [0.4, 0.5) is 5.00 Å². The third kappa shape index (κ3) is 5.51. The third-order valence-electron chi connectivity index (χ3n) is 5.12. The van der Waals surface area contributed by atoms with E-state index in [1.54, 1.807) is 11.3 Å². The van der Waals surface area contributed by atoms with E-state index in [2.05, 4.69) is 31.4 Å². The number of amides is 1. The Morgan fingerprint density at radius 2 is 2.04 bits per heavy atom. The molecule has 27 heavy (non-hydrogen) atoms. The smallest absolute Gasteiger partial charge is 0.341 e. The molecule has 1 aliphatic rings. The Labute approximate surface area is 171 Å². The normalized spacial score (nSPS) is 16.4. The maximum Gasteiger partial charge on any atom is 0.341 e. The molecule has 1 aliphatic carbocycles. The average molecular weight is 411 g/mol. The largest absolute Gasteiger partial charge is 0.465 e. The fourth-order valence-electron chi connectivity index (χ4n) is 3.39. The Kier molecular flexibility index (Phi) is 7.40. The minimum absolute atomic E-state index is 0.108. The van der Waals surface area contributed by atoms with Gasteiger partial charge < -0.3 is 15.4 Å². The number of thiophene rings is 1. The van der Waals surface area contributed by atoms with Gasteiger partial charge >= 0.3 is 5.97 Å². The van der Waals surface area contributed by atoms with Crippen LogP contribution in [-0.2, 0) is 22.4 Å². The van der Waals surface area contributed by atoms with E-state index in [0.717, 1.165) is 37.7 Å². The molecule has 2 N–H and O–H groups in total. The van der Waals surface area contributed by atoms with Gasteiger partial charge in [0, 0.05) is 11.3 Å². The monoisotopic (exact) mass is 410 g/mol. The van der Waals surface area contributed by atoms with Crippen molar-refractivity contribution in [3.63, 3.8) is 0 Å². The number of carbonyl (C=O) groups is 2. The standard InChI is InChI=1S/C20H30N2O3S2/c1-6-7-8-15(23)21-19(26)22-17-16(18(24)25-5)13-10-9-12(20(2,3)4)11-14(13)27-17/h12H,6-11H2,1-5H3,(H2,21,22,23,26). The van der Waals surface area contributed by atoms with Crippen LogP contribution >= 0.6 is 23.6 Å². The summed E-state index contributed by atoms with van der Waals surface area (Å²) < 4.78 is 5.01. The van der Waals surface area contributed by atoms with E-state index >= 15 is 0 Å². The summed E-state index contributed by atoms with van der Waals surface area (Å²) in [5.74, 6) is 0.107. The van der Waals surface area contributed by atoms with Crippen LogP contribution in [-0.4, -0.2) is 24.1 Å². The highest BCUT2D eigenvalue weighted by Gasteiger charge is 2.34. The molecule has 1 atom stereocenters. The summed E-state index contributed by atoms with van der Waals surface area (Å²) in [6.45, 7) is 8.82. The molecule has 1 unspecified atom stereocenters. The summed E-state index contributed by atoms with van der Waals surface area (Å²) >= 11 is 6.83. The number of fused-ring (bicyclic) bond motifs is 1. The van der Waals surface area contributed by atoms with Crippen molar-refractivity contribution >= 4 is 45.5 Å². The minimum atomic E-state index is -0.357. The molecular weight excluding hydrogens is 380 g/mol. The molecule has 150 valence electrons. The molecule has 0 radical (unpaired) electrons. The number of rotatable bonds is 5. The molecular formula is C20H30N2O3S2. The second-order valence-corrected chi connectivity index (χ2v) is 9.62. The summed E-state index contributed by atoms with van der Waals surface area (Å²) in [5.41, 5.74) is 1.86. The van der Waals surface area contributed by atoms with Gasteiger partial charge in [0.05, 0.1) is 12.7 Å². The summed E-state index contributed by atoms with van der Waals surface area (Å²) in [6, 6.07) is 0. The molecule has 1 aromatic heterocycles. The number of thiocarbonyl (C=S) groups is 1. The van der Waals surface area contributed by atoms with Crippen molar-refractivity contribution < 1.29 is 14.3 Å². The second kappa shape index (κ2) is 9.15. The Balaban J connectivity index is 2.21. The molecule has 7 heteroatoms. The van der Waals surface area contributed by atoms with E-state index in [0.29, 0.717) is 22.9 Å². The zero-order valence-corrected chi connectivity index (χ0v) is 18.5. The Morgan fingerprint density at radius 1 is 1.33 bits per heavy atom. The van der Waals surface area contributed by atoms with E-state index in [-0.39, 0.29) is 22.4 Å². The van der Waals surface area contributed by atoms with Crippen LogP contribution in [0.3, 0.4) is 0 Å². The van der Waals surface area contributed by atoms with Gasteiger partial charge in [-0.2, -0.15) is 0 Å². The van der Waals surface area contributed by atoms with Gasteiger partial charge in [0.1, 0.15) is 5.00 Å². The number of hydrogen-bond donors (Lipinski definition) is 2. The second-order valence-electron chi connectivity index (χ2n) is 8.11. The number of anilines is 1. The highest BCUT2D eigenvalue weighted by molar-refractivity contribution is 7.80. The zero-order valence-electron chi connectivity index (χ0n) is 16.9. The number of carbonyl (C=O) groups excluding carboxylic acids is 2. The van der Waals surface area contributed by atoms with E-state index in [4.69, 9.17) is 17.0 Å². The van der Waals surface area contributed by atoms with Crippen molar-refractivity contribution in [1.82, 2.24) is 5.32 Å². The van der Waals surface area contributed by atoms with Crippen molar-refractivity contribution in [3.05, 3.63) is 16.0 Å². The Hall–Kier alpha value is -1.47. The van der Waals surface area contributed by atoms with Gasteiger partial charge in [0.15, 0.2) is 5.11 Å². The maximum atomic E-state index is 12.4. The number of methoxy groups -OCH3 is 1. The first kappa shape index (κ1) is 21.8. The van der Waals surface area contributed by atoms with E-state index in [1.165, 1.54) is 12.0 Å². The molecule has 1 aromatic rings. The molecule has 1 amide bonds. The van der Waals surface area contributed by atoms with Crippen LogP contribution in [0, 0.1) is 11.3 Å². The number of ether oxygens (including phenoxy) is 1. The lowest BCUT2D eigenvalue weighted by Gasteiger charge is -2.33. The van der Waals surface area contributed by atoms with Gasteiger partial charge in [-0.3, -0.25) is 4.79 Å². The van der Waals surface area contributed by atoms with Crippen LogP contribution in [0.1, 0.15) is 74.2 Å². The fraction of sp³-hybridized carbons (Fsp3) is 0.650. The average Bonchev–Trinajstić information content (AvgIpc) is 2.95. The highest BCUT2D eigenvalue weighted by Crippen LogP contribution is 2.44. The number of nitrogens with one attached hydrogen (secondary N) is 2. The predicted octanol–water partition coefficient (Wildman–Crippen LogP) is 4.69. The molecule has 0 saturated carbocycles. The van der Waals surface area contributed by atoms with Crippen molar-refractivity contribution in [2.45, 2.75) is 66.2 Å². The van der Waals surface area contributed by atoms with Gasteiger partial charge in [-0.05, 0) is 54.8 Å². The zero-order chi connectivity index (χ0) is 20.2. The van der Waals surface area contributed by atoms with Gasteiger partial charge in [-0.15, -0.1) is 11.3 Å². The van der Waals surface area contributed by atoms with Gasteiger partial charge in [0.2, 0.25) is 5.91 Å². The van der Waals surface area contributed by atoms with Crippen LogP contribution in [0.5, 0.6) is 0 Å². The molecule has 5 nitrogen and oxygen atoms in total. The first-order valence-electron chi connectivity index (χ1n) is 9.51. The molecule has 1 heterocycles. The van der Waals surface area contributed by atoms with Crippen molar-refractivity contribution in [2.24, 2.45) is 11.3 Å². The van der Waals surface area contributed by atoms with E-state index in [1.807, 2.05) is 6.92 Å². The van der Waals surface area contributed by atoms with E-state index in [9.17, 15) is 9.59 Å². The number of esters is 1. The quantitative estimate of drug-likeness (QED) is 0.544. The van der Waals surface area contributed by atoms with Crippen LogP contribution in [0.2, 0.25) is 0 Å². The molecule has 2 rings (SSSR count). The summed E-state index contributed by atoms with van der Waals surface area (Å²) in [5, 5.41) is 6.66. The van der Waals surface area contributed by atoms with Crippen LogP contribution in [0.25, 0.3) is 0 Å². The minimum Gasteiger partial charge on any atom is -0.465 e. The van der Waals surface area contributed by atoms with Crippen LogP contribution < -0.4 is 10.6 Å². The highest BCUT2D eigenvalue weighted by atomic mass is 32.1.